The van der Waals surface area contributed by atoms with Crippen LogP contribution in [0, 0.1) is 5.92 Å². The maximum absolute atomic E-state index is 11.7. The molecule has 2 aromatic rings. The predicted octanol–water partition coefficient (Wildman–Crippen LogP) is 2.84. The molecule has 1 saturated carbocycles. The average molecular weight is 243 g/mol. The first-order valence-corrected chi connectivity index (χ1v) is 6.43. The van der Waals surface area contributed by atoms with Gasteiger partial charge in [-0.1, -0.05) is 18.2 Å². The summed E-state index contributed by atoms with van der Waals surface area (Å²) in [5, 5.41) is 1.26. The predicted molar refractivity (Wildman–Crippen MR) is 70.4 cm³/mol. The molecule has 0 bridgehead atoms. The first-order valence-electron chi connectivity index (χ1n) is 6.43. The molecule has 18 heavy (non-hydrogen) atoms. The number of aromatic nitrogens is 1. The lowest BCUT2D eigenvalue weighted by Gasteiger charge is -2.00. The number of aryl methyl sites for hydroxylation is 1. The number of ether oxygens (including phenoxy) is 1. The molecule has 0 N–H and O–H groups in total. The van der Waals surface area contributed by atoms with Crippen LogP contribution in [0.2, 0.25) is 0 Å². The molecule has 0 unspecified atom stereocenters. The topological polar surface area (TPSA) is 31.2 Å². The lowest BCUT2D eigenvalue weighted by atomic mass is 10.1. The smallest absolute Gasteiger partial charge is 0.309 e. The van der Waals surface area contributed by atoms with Gasteiger partial charge < -0.3 is 9.30 Å². The van der Waals surface area contributed by atoms with Crippen molar-refractivity contribution in [3.05, 3.63) is 36.0 Å². The Hall–Kier alpha value is -1.77. The zero-order valence-corrected chi connectivity index (χ0v) is 10.7. The Kier molecular flexibility index (Phi) is 2.62. The molecule has 1 aromatic carbocycles. The highest BCUT2D eigenvalue weighted by Gasteiger charge is 2.46. The molecule has 0 spiro atoms. The molecule has 1 aliphatic carbocycles. The third-order valence-corrected chi connectivity index (χ3v) is 3.71. The van der Waals surface area contributed by atoms with E-state index in [4.69, 9.17) is 4.74 Å². The molecule has 1 aromatic heterocycles. The van der Waals surface area contributed by atoms with Crippen molar-refractivity contribution in [1.29, 1.82) is 0 Å². The van der Waals surface area contributed by atoms with Crippen LogP contribution in [-0.4, -0.2) is 17.1 Å². The van der Waals surface area contributed by atoms with Gasteiger partial charge in [0.2, 0.25) is 0 Å². The van der Waals surface area contributed by atoms with Gasteiger partial charge in [0.05, 0.1) is 12.5 Å². The van der Waals surface area contributed by atoms with Crippen molar-refractivity contribution in [1.82, 2.24) is 4.57 Å². The molecule has 3 rings (SSSR count). The monoisotopic (exact) mass is 243 g/mol. The van der Waals surface area contributed by atoms with Crippen LogP contribution in [-0.2, 0) is 16.6 Å². The largest absolute Gasteiger partial charge is 0.466 e. The molecule has 1 heterocycles. The van der Waals surface area contributed by atoms with E-state index in [9.17, 15) is 4.79 Å². The van der Waals surface area contributed by atoms with Gasteiger partial charge in [0.1, 0.15) is 0 Å². The number of rotatable bonds is 3. The molecule has 94 valence electrons. The summed E-state index contributed by atoms with van der Waals surface area (Å²) in [7, 11) is 2.05. The van der Waals surface area contributed by atoms with Crippen molar-refractivity contribution in [3.63, 3.8) is 0 Å². The maximum Gasteiger partial charge on any atom is 0.309 e. The minimum Gasteiger partial charge on any atom is -0.466 e. The van der Waals surface area contributed by atoms with Crippen LogP contribution in [0.1, 0.15) is 24.8 Å². The number of esters is 1. The summed E-state index contributed by atoms with van der Waals surface area (Å²) >= 11 is 0. The summed E-state index contributed by atoms with van der Waals surface area (Å²) in [4.78, 5) is 11.7. The summed E-state index contributed by atoms with van der Waals surface area (Å²) in [6, 6.07) is 8.33. The Bertz CT molecular complexity index is 600. The lowest BCUT2D eigenvalue weighted by molar-refractivity contribution is -0.144. The van der Waals surface area contributed by atoms with Gasteiger partial charge in [0, 0.05) is 30.1 Å². The first kappa shape index (κ1) is 11.3. The summed E-state index contributed by atoms with van der Waals surface area (Å²) < 4.78 is 7.22. The van der Waals surface area contributed by atoms with Gasteiger partial charge in [-0.2, -0.15) is 0 Å². The van der Waals surface area contributed by atoms with Crippen LogP contribution in [0.4, 0.5) is 0 Å². The summed E-state index contributed by atoms with van der Waals surface area (Å²) in [6.07, 6.45) is 3.07. The van der Waals surface area contributed by atoms with Gasteiger partial charge in [0.15, 0.2) is 0 Å². The molecule has 2 atom stereocenters. The number of hydrogen-bond donors (Lipinski definition) is 0. The molecule has 0 saturated heterocycles. The van der Waals surface area contributed by atoms with E-state index in [1.54, 1.807) is 0 Å². The fourth-order valence-electron chi connectivity index (χ4n) is 2.72. The number of carbonyl (C=O) groups is 1. The van der Waals surface area contributed by atoms with Crippen LogP contribution in [0.25, 0.3) is 10.9 Å². The van der Waals surface area contributed by atoms with Crippen molar-refractivity contribution in [2.75, 3.05) is 6.61 Å². The second kappa shape index (κ2) is 4.16. The lowest BCUT2D eigenvalue weighted by Crippen LogP contribution is -2.07. The summed E-state index contributed by atoms with van der Waals surface area (Å²) in [5.74, 6) is 0.362. The summed E-state index contributed by atoms with van der Waals surface area (Å²) in [6.45, 7) is 2.32. The fourth-order valence-corrected chi connectivity index (χ4v) is 2.72. The van der Waals surface area contributed by atoms with Crippen LogP contribution in [0.5, 0.6) is 0 Å². The third kappa shape index (κ3) is 1.70. The Balaban J connectivity index is 1.91. The number of nitrogens with zero attached hydrogens (tertiary/aromatic N) is 1. The van der Waals surface area contributed by atoms with E-state index in [0.717, 1.165) is 6.42 Å². The zero-order chi connectivity index (χ0) is 12.7. The zero-order valence-electron chi connectivity index (χ0n) is 10.7. The van der Waals surface area contributed by atoms with Gasteiger partial charge in [0.25, 0.3) is 0 Å². The first-order chi connectivity index (χ1) is 8.72. The second-order valence-corrected chi connectivity index (χ2v) is 4.91. The van der Waals surface area contributed by atoms with Gasteiger partial charge in [-0.3, -0.25) is 4.79 Å². The molecule has 1 fully saturated rings. The van der Waals surface area contributed by atoms with Gasteiger partial charge in [-0.25, -0.2) is 0 Å². The van der Waals surface area contributed by atoms with Crippen LogP contribution >= 0.6 is 0 Å². The van der Waals surface area contributed by atoms with Crippen LogP contribution in [0.15, 0.2) is 30.5 Å². The quantitative estimate of drug-likeness (QED) is 0.776. The number of hydrogen-bond acceptors (Lipinski definition) is 2. The van der Waals surface area contributed by atoms with Crippen molar-refractivity contribution in [2.24, 2.45) is 13.0 Å². The molecule has 0 amide bonds. The standard InChI is InChI=1S/C15H17NO2/c1-3-18-15(17)12-8-11(12)13-9-16(2)14-7-5-4-6-10(13)14/h4-7,9,11-12H,3,8H2,1-2H3/t11-,12-/m1/s1. The van der Waals surface area contributed by atoms with Crippen molar-refractivity contribution >= 4 is 16.9 Å². The number of fused-ring (bicyclic) bond motifs is 1. The highest BCUT2D eigenvalue weighted by molar-refractivity contribution is 5.87. The van der Waals surface area contributed by atoms with E-state index in [1.165, 1.54) is 16.5 Å². The molecule has 0 radical (unpaired) electrons. The van der Waals surface area contributed by atoms with E-state index in [-0.39, 0.29) is 11.9 Å². The van der Waals surface area contributed by atoms with E-state index in [2.05, 4.69) is 22.9 Å². The molecular weight excluding hydrogens is 226 g/mol. The highest BCUT2D eigenvalue weighted by Crippen LogP contribution is 2.50. The third-order valence-electron chi connectivity index (χ3n) is 3.71. The minimum atomic E-state index is -0.0459. The minimum absolute atomic E-state index is 0.0459. The van der Waals surface area contributed by atoms with Crippen molar-refractivity contribution in [3.8, 4) is 0 Å². The summed E-state index contributed by atoms with van der Waals surface area (Å²) in [5.41, 5.74) is 2.51. The van der Waals surface area contributed by atoms with E-state index in [0.29, 0.717) is 12.5 Å². The number of benzene rings is 1. The van der Waals surface area contributed by atoms with Gasteiger partial charge >= 0.3 is 5.97 Å². The van der Waals surface area contributed by atoms with E-state index < -0.39 is 0 Å². The number of carbonyl (C=O) groups excluding carboxylic acids is 1. The molecule has 1 aliphatic rings. The fraction of sp³-hybridized carbons (Fsp3) is 0.400. The van der Waals surface area contributed by atoms with Crippen molar-refractivity contribution < 1.29 is 9.53 Å². The Morgan fingerprint density at radius 1 is 1.44 bits per heavy atom. The molecule has 0 aliphatic heterocycles. The van der Waals surface area contributed by atoms with Crippen LogP contribution < -0.4 is 0 Å². The van der Waals surface area contributed by atoms with Gasteiger partial charge in [-0.05, 0) is 25.0 Å². The average Bonchev–Trinajstić information content (AvgIpc) is 3.10. The van der Waals surface area contributed by atoms with Gasteiger partial charge in [-0.15, -0.1) is 0 Å². The Labute approximate surface area is 106 Å². The molecule has 3 nitrogen and oxygen atoms in total. The maximum atomic E-state index is 11.7. The van der Waals surface area contributed by atoms with Crippen LogP contribution in [0.3, 0.4) is 0 Å². The number of para-hydroxylation sites is 1. The highest BCUT2D eigenvalue weighted by atomic mass is 16.5. The SMILES string of the molecule is CCOC(=O)[C@@H]1C[C@H]1c1cn(C)c2ccccc12. The Morgan fingerprint density at radius 2 is 2.22 bits per heavy atom. The second-order valence-electron chi connectivity index (χ2n) is 4.91. The van der Waals surface area contributed by atoms with E-state index in [1.807, 2.05) is 26.1 Å². The van der Waals surface area contributed by atoms with Crippen molar-refractivity contribution in [2.45, 2.75) is 19.3 Å². The van der Waals surface area contributed by atoms with E-state index >= 15 is 0 Å². The molecule has 3 heteroatoms. The normalized spacial score (nSPS) is 22.1. The Morgan fingerprint density at radius 3 is 3.00 bits per heavy atom. The molecular formula is C15H17NO2.